The molecule has 0 aliphatic carbocycles. The zero-order valence-electron chi connectivity index (χ0n) is 26.3. The van der Waals surface area contributed by atoms with E-state index in [2.05, 4.69) is 0 Å². The van der Waals surface area contributed by atoms with Crippen molar-refractivity contribution in [1.29, 1.82) is 10.5 Å². The van der Waals surface area contributed by atoms with Crippen LogP contribution in [-0.2, 0) is 17.3 Å². The Bertz CT molecular complexity index is 1980. The zero-order chi connectivity index (χ0) is 41.4. The minimum Gasteiger partial charge on any atom is -0.457 e. The van der Waals surface area contributed by atoms with Gasteiger partial charge in [0, 0.05) is 22.5 Å². The second-order valence-corrected chi connectivity index (χ2v) is 11.0. The van der Waals surface area contributed by atoms with E-state index in [4.69, 9.17) is 20.0 Å². The average molecular weight is 804 g/mol. The fourth-order valence-corrected chi connectivity index (χ4v) is 5.20. The summed E-state index contributed by atoms with van der Waals surface area (Å²) in [6.45, 7) is 0. The van der Waals surface area contributed by atoms with Gasteiger partial charge in [-0.15, -0.1) is 0 Å². The minimum atomic E-state index is -6.64. The van der Waals surface area contributed by atoms with Gasteiger partial charge in [0.15, 0.2) is 12.4 Å². The lowest BCUT2D eigenvalue weighted by Gasteiger charge is -2.39. The SMILES string of the molecule is N#CNc1ccc(Oc2ccccc2C(c2ccccc2Oc2ccc(NC#N)cc2C(F)(F)C(F)(F)F)(C(F)(F)F)C(F)(F)F)c(C(F)(F)C(F)(F)F)c1. The Hall–Kier alpha value is -6.06. The van der Waals surface area contributed by atoms with E-state index >= 15 is 26.3 Å². The molecule has 0 aliphatic heterocycles. The van der Waals surface area contributed by atoms with Gasteiger partial charge in [0.2, 0.25) is 5.41 Å². The summed E-state index contributed by atoms with van der Waals surface area (Å²) >= 11 is 0. The van der Waals surface area contributed by atoms with E-state index in [0.717, 1.165) is 0 Å². The van der Waals surface area contributed by atoms with E-state index in [1.807, 2.05) is 0 Å². The van der Waals surface area contributed by atoms with Gasteiger partial charge in [-0.3, -0.25) is 10.6 Å². The van der Waals surface area contributed by atoms with Gasteiger partial charge in [-0.05, 0) is 48.5 Å². The molecule has 0 heterocycles. The van der Waals surface area contributed by atoms with Crippen LogP contribution in [0.2, 0.25) is 0 Å². The Labute approximate surface area is 297 Å². The van der Waals surface area contributed by atoms with Crippen molar-refractivity contribution < 1.29 is 79.7 Å². The van der Waals surface area contributed by atoms with Gasteiger partial charge in [-0.2, -0.15) is 80.8 Å². The Balaban J connectivity index is 2.06. The number of alkyl halides is 16. The monoisotopic (exact) mass is 804 g/mol. The molecule has 0 spiro atoms. The number of para-hydroxylation sites is 2. The molecule has 0 fully saturated rings. The lowest BCUT2D eigenvalue weighted by molar-refractivity contribution is -0.289. The van der Waals surface area contributed by atoms with Crippen molar-refractivity contribution in [2.75, 3.05) is 10.6 Å². The molecule has 0 bridgehead atoms. The number of hydrogen-bond donors (Lipinski definition) is 2. The third-order valence-electron chi connectivity index (χ3n) is 7.62. The van der Waals surface area contributed by atoms with Crippen molar-refractivity contribution in [2.24, 2.45) is 0 Å². The maximum atomic E-state index is 15.4. The second kappa shape index (κ2) is 14.3. The lowest BCUT2D eigenvalue weighted by Crippen LogP contribution is -2.55. The first-order chi connectivity index (χ1) is 25.3. The molecule has 0 saturated heterocycles. The number of nitriles is 2. The smallest absolute Gasteiger partial charge is 0.457 e. The summed E-state index contributed by atoms with van der Waals surface area (Å²) in [4.78, 5) is 0. The van der Waals surface area contributed by atoms with Gasteiger partial charge in [0.05, 0.1) is 11.1 Å². The summed E-state index contributed by atoms with van der Waals surface area (Å²) in [5.41, 5.74) is -15.4. The Morgan fingerprint density at radius 3 is 1.00 bits per heavy atom. The fraction of sp³-hybridized carbons (Fsp3) is 0.212. The van der Waals surface area contributed by atoms with Crippen LogP contribution >= 0.6 is 0 Å². The van der Waals surface area contributed by atoms with Gasteiger partial charge in [0.1, 0.15) is 23.0 Å². The fourth-order valence-electron chi connectivity index (χ4n) is 5.20. The molecule has 2 N–H and O–H groups in total. The van der Waals surface area contributed by atoms with Crippen LogP contribution in [-0.4, -0.2) is 24.7 Å². The highest BCUT2D eigenvalue weighted by Crippen LogP contribution is 2.61. The van der Waals surface area contributed by atoms with E-state index in [1.165, 1.54) is 12.4 Å². The van der Waals surface area contributed by atoms with Gasteiger partial charge in [0.25, 0.3) is 0 Å². The molecule has 4 aromatic carbocycles. The van der Waals surface area contributed by atoms with Crippen molar-refractivity contribution in [3.63, 3.8) is 0 Å². The van der Waals surface area contributed by atoms with E-state index < -0.39 is 98.6 Å². The molecular formula is C33H16F16N4O2. The number of hydrogen-bond acceptors (Lipinski definition) is 6. The number of nitrogens with zero attached hydrogens (tertiary/aromatic N) is 2. The van der Waals surface area contributed by atoms with Crippen LogP contribution in [0.5, 0.6) is 23.0 Å². The summed E-state index contributed by atoms with van der Waals surface area (Å²) in [6.07, 6.45) is -23.7. The van der Waals surface area contributed by atoms with Gasteiger partial charge < -0.3 is 9.47 Å². The molecule has 0 radical (unpaired) electrons. The zero-order valence-corrected chi connectivity index (χ0v) is 26.3. The Kier molecular flexibility index (Phi) is 10.8. The molecule has 6 nitrogen and oxygen atoms in total. The normalized spacial score (nSPS) is 13.1. The van der Waals surface area contributed by atoms with Crippen molar-refractivity contribution in [2.45, 2.75) is 42.0 Å². The molecule has 0 saturated carbocycles. The van der Waals surface area contributed by atoms with Crippen LogP contribution in [0.25, 0.3) is 0 Å². The molecule has 0 unspecified atom stereocenters. The van der Waals surface area contributed by atoms with E-state index in [-0.39, 0.29) is 36.4 Å². The second-order valence-electron chi connectivity index (χ2n) is 11.0. The third kappa shape index (κ3) is 7.53. The summed E-state index contributed by atoms with van der Waals surface area (Å²) in [6, 6.07) is 5.10. The predicted molar refractivity (Wildman–Crippen MR) is 157 cm³/mol. The molecule has 4 aromatic rings. The molecular weight excluding hydrogens is 788 g/mol. The maximum absolute atomic E-state index is 15.4. The highest BCUT2D eigenvalue weighted by molar-refractivity contribution is 5.61. The van der Waals surface area contributed by atoms with Crippen molar-refractivity contribution >= 4 is 11.4 Å². The summed E-state index contributed by atoms with van der Waals surface area (Å²) < 4.78 is 242. The van der Waals surface area contributed by atoms with Crippen LogP contribution in [0.3, 0.4) is 0 Å². The molecule has 0 atom stereocenters. The number of nitrogens with one attached hydrogen (secondary N) is 2. The van der Waals surface area contributed by atoms with Crippen LogP contribution in [0, 0.1) is 22.9 Å². The largest absolute Gasteiger partial charge is 0.458 e. The van der Waals surface area contributed by atoms with Crippen LogP contribution in [0.15, 0.2) is 84.9 Å². The molecule has 292 valence electrons. The number of halogens is 16. The first-order valence-corrected chi connectivity index (χ1v) is 14.4. The van der Waals surface area contributed by atoms with E-state index in [0.29, 0.717) is 48.5 Å². The van der Waals surface area contributed by atoms with Gasteiger partial charge >= 0.3 is 36.6 Å². The molecule has 0 aromatic heterocycles. The van der Waals surface area contributed by atoms with Gasteiger partial charge in [-0.1, -0.05) is 36.4 Å². The van der Waals surface area contributed by atoms with E-state index in [9.17, 15) is 43.9 Å². The Morgan fingerprint density at radius 1 is 0.400 bits per heavy atom. The predicted octanol–water partition coefficient (Wildman–Crippen LogP) is 11.8. The van der Waals surface area contributed by atoms with E-state index in [1.54, 1.807) is 10.6 Å². The van der Waals surface area contributed by atoms with Crippen molar-refractivity contribution in [3.8, 4) is 35.4 Å². The summed E-state index contributed by atoms with van der Waals surface area (Å²) in [5, 5.41) is 21.0. The summed E-state index contributed by atoms with van der Waals surface area (Å²) in [7, 11) is 0. The number of ether oxygens (including phenoxy) is 2. The standard InChI is InChI=1S/C33H16F16N4O2/c34-28(35,32(44,45)46)21-13-17(52-15-50)9-11-25(21)54-23-7-3-1-5-19(23)27(30(38,39)40,31(41,42)43)20-6-2-4-8-24(20)55-26-12-10-18(53-16-51)14-22(26)29(36,37)33(47,48)49/h1-14,52-53H. The molecule has 55 heavy (non-hydrogen) atoms. The van der Waals surface area contributed by atoms with Crippen molar-refractivity contribution in [3.05, 3.63) is 107 Å². The van der Waals surface area contributed by atoms with Crippen LogP contribution < -0.4 is 20.1 Å². The highest BCUT2D eigenvalue weighted by Gasteiger charge is 2.74. The summed E-state index contributed by atoms with van der Waals surface area (Å²) in [5.74, 6) is -18.4. The number of rotatable bonds is 10. The van der Waals surface area contributed by atoms with Gasteiger partial charge in [-0.25, -0.2) is 0 Å². The lowest BCUT2D eigenvalue weighted by atomic mass is 9.72. The van der Waals surface area contributed by atoms with Crippen LogP contribution in [0.1, 0.15) is 22.3 Å². The third-order valence-corrected chi connectivity index (χ3v) is 7.62. The van der Waals surface area contributed by atoms with Crippen LogP contribution in [0.4, 0.5) is 81.6 Å². The molecule has 0 aliphatic rings. The highest BCUT2D eigenvalue weighted by atomic mass is 19.4. The number of benzene rings is 4. The molecule has 0 amide bonds. The first-order valence-electron chi connectivity index (χ1n) is 14.4. The molecule has 4 rings (SSSR count). The first kappa shape index (κ1) is 41.7. The topological polar surface area (TPSA) is 90.1 Å². The minimum absolute atomic E-state index is 0.00963. The maximum Gasteiger partial charge on any atom is 0.458 e. The van der Waals surface area contributed by atoms with Crippen molar-refractivity contribution in [1.82, 2.24) is 0 Å². The number of anilines is 2. The molecule has 22 heteroatoms. The average Bonchev–Trinajstić information content (AvgIpc) is 3.05. The quantitative estimate of drug-likeness (QED) is 0.0943. The Morgan fingerprint density at radius 2 is 0.709 bits per heavy atom.